The molecule has 0 aliphatic heterocycles. The molecular formula is C9H16O5S. The Kier molecular flexibility index (Phi) is 5.67. The van der Waals surface area contributed by atoms with Crippen LogP contribution in [0.4, 0.5) is 0 Å². The van der Waals surface area contributed by atoms with E-state index in [1.165, 1.54) is 6.92 Å². The Labute approximate surface area is 89.6 Å². The first-order chi connectivity index (χ1) is 6.79. The molecule has 88 valence electrons. The van der Waals surface area contributed by atoms with Crippen LogP contribution in [0.1, 0.15) is 33.1 Å². The molecule has 5 nitrogen and oxygen atoms in total. The monoisotopic (exact) mass is 236 g/mol. The molecule has 0 rings (SSSR count). The summed E-state index contributed by atoms with van der Waals surface area (Å²) < 4.78 is 29.9. The van der Waals surface area contributed by atoms with Crippen LogP contribution in [0, 0.1) is 5.92 Å². The molecule has 0 bridgehead atoms. The van der Waals surface area contributed by atoms with Gasteiger partial charge in [0.1, 0.15) is 17.3 Å². The van der Waals surface area contributed by atoms with Gasteiger partial charge in [0, 0.05) is 5.92 Å². The van der Waals surface area contributed by atoms with Gasteiger partial charge in [-0.1, -0.05) is 13.3 Å². The van der Waals surface area contributed by atoms with E-state index in [0.717, 1.165) is 0 Å². The molecule has 0 aromatic rings. The molecule has 15 heavy (non-hydrogen) atoms. The molecule has 0 fully saturated rings. The molecule has 0 amide bonds. The lowest BCUT2D eigenvalue weighted by molar-refractivity contribution is -0.120. The fourth-order valence-corrected chi connectivity index (χ4v) is 1.72. The van der Waals surface area contributed by atoms with Crippen molar-refractivity contribution in [2.24, 2.45) is 5.92 Å². The van der Waals surface area contributed by atoms with E-state index in [1.54, 1.807) is 6.92 Å². The number of rotatable bonds is 7. The van der Waals surface area contributed by atoms with Crippen LogP contribution in [-0.2, 0) is 19.7 Å². The van der Waals surface area contributed by atoms with Gasteiger partial charge in [0.25, 0.3) is 10.1 Å². The van der Waals surface area contributed by atoms with Crippen LogP contribution in [0.2, 0.25) is 0 Å². The second kappa shape index (κ2) is 5.97. The van der Waals surface area contributed by atoms with Crippen molar-refractivity contribution in [2.75, 3.05) is 0 Å². The Morgan fingerprint density at radius 1 is 1.40 bits per heavy atom. The van der Waals surface area contributed by atoms with Crippen molar-refractivity contribution in [3.63, 3.8) is 0 Å². The Bertz CT molecular complexity index is 319. The molecule has 0 heterocycles. The molecule has 0 aliphatic carbocycles. The van der Waals surface area contributed by atoms with Crippen LogP contribution in [0.15, 0.2) is 0 Å². The average Bonchev–Trinajstić information content (AvgIpc) is 2.09. The standard InChI is InChI=1S/C9H16O5S/c1-7(8(2)11)4-3-5-9(6-10)15(12,13)14/h6-7,9H,3-5H2,1-2H3,(H,12,13,14). The van der Waals surface area contributed by atoms with E-state index >= 15 is 0 Å². The van der Waals surface area contributed by atoms with Crippen LogP contribution in [0.25, 0.3) is 0 Å². The molecular weight excluding hydrogens is 220 g/mol. The summed E-state index contributed by atoms with van der Waals surface area (Å²) >= 11 is 0. The lowest BCUT2D eigenvalue weighted by Crippen LogP contribution is -2.22. The minimum atomic E-state index is -4.29. The Balaban J connectivity index is 4.05. The minimum absolute atomic E-state index is 0.0320. The number of Topliss-reactive ketones (excluding diaryl/α,β-unsaturated/α-hetero) is 1. The zero-order chi connectivity index (χ0) is 12.1. The Morgan fingerprint density at radius 3 is 2.27 bits per heavy atom. The van der Waals surface area contributed by atoms with Crippen molar-refractivity contribution in [1.29, 1.82) is 0 Å². The van der Waals surface area contributed by atoms with Crippen LogP contribution >= 0.6 is 0 Å². The number of ketones is 1. The van der Waals surface area contributed by atoms with E-state index in [-0.39, 0.29) is 24.4 Å². The predicted molar refractivity (Wildman–Crippen MR) is 55.1 cm³/mol. The van der Waals surface area contributed by atoms with E-state index < -0.39 is 15.4 Å². The summed E-state index contributed by atoms with van der Waals surface area (Å²) in [5.41, 5.74) is 0. The van der Waals surface area contributed by atoms with Crippen molar-refractivity contribution >= 4 is 22.2 Å². The quantitative estimate of drug-likeness (QED) is 0.522. The number of hydrogen-bond donors (Lipinski definition) is 1. The van der Waals surface area contributed by atoms with Crippen LogP contribution in [0.5, 0.6) is 0 Å². The third kappa shape index (κ3) is 5.64. The van der Waals surface area contributed by atoms with Gasteiger partial charge in [-0.15, -0.1) is 0 Å². The molecule has 0 radical (unpaired) electrons. The van der Waals surface area contributed by atoms with Crippen molar-refractivity contribution in [1.82, 2.24) is 0 Å². The fraction of sp³-hybridized carbons (Fsp3) is 0.778. The maximum absolute atomic E-state index is 10.8. The number of carbonyl (C=O) groups excluding carboxylic acids is 2. The second-order valence-electron chi connectivity index (χ2n) is 3.63. The lowest BCUT2D eigenvalue weighted by atomic mass is 10.00. The molecule has 2 atom stereocenters. The maximum atomic E-state index is 10.8. The summed E-state index contributed by atoms with van der Waals surface area (Å²) in [5, 5.41) is -1.36. The van der Waals surface area contributed by atoms with Crippen LogP contribution < -0.4 is 0 Å². The minimum Gasteiger partial charge on any atom is -0.302 e. The highest BCUT2D eigenvalue weighted by Crippen LogP contribution is 2.12. The van der Waals surface area contributed by atoms with Crippen LogP contribution in [0.3, 0.4) is 0 Å². The summed E-state index contributed by atoms with van der Waals surface area (Å²) in [5.74, 6) is -0.108. The van der Waals surface area contributed by atoms with Crippen molar-refractivity contribution in [3.8, 4) is 0 Å². The zero-order valence-corrected chi connectivity index (χ0v) is 9.66. The van der Waals surface area contributed by atoms with Gasteiger partial charge in [-0.2, -0.15) is 8.42 Å². The van der Waals surface area contributed by atoms with Gasteiger partial charge < -0.3 is 4.79 Å². The van der Waals surface area contributed by atoms with Crippen LogP contribution in [-0.4, -0.2) is 30.3 Å². The highest BCUT2D eigenvalue weighted by molar-refractivity contribution is 7.87. The van der Waals surface area contributed by atoms with E-state index in [4.69, 9.17) is 4.55 Å². The highest BCUT2D eigenvalue weighted by Gasteiger charge is 2.22. The summed E-state index contributed by atoms with van der Waals surface area (Å²) in [7, 11) is -4.29. The first-order valence-electron chi connectivity index (χ1n) is 4.71. The molecule has 6 heteroatoms. The van der Waals surface area contributed by atoms with Gasteiger partial charge in [0.05, 0.1) is 0 Å². The molecule has 1 N–H and O–H groups in total. The fourth-order valence-electron chi connectivity index (χ4n) is 1.12. The van der Waals surface area contributed by atoms with Gasteiger partial charge in [-0.25, -0.2) is 0 Å². The Morgan fingerprint density at radius 2 is 1.93 bits per heavy atom. The molecule has 0 aliphatic rings. The third-order valence-electron chi connectivity index (χ3n) is 2.35. The van der Waals surface area contributed by atoms with Gasteiger partial charge >= 0.3 is 0 Å². The summed E-state index contributed by atoms with van der Waals surface area (Å²) in [6.07, 6.45) is 1.22. The third-order valence-corrected chi connectivity index (χ3v) is 3.47. The first-order valence-corrected chi connectivity index (χ1v) is 6.21. The molecule has 0 saturated heterocycles. The molecule has 2 unspecified atom stereocenters. The van der Waals surface area contributed by atoms with Crippen molar-refractivity contribution in [3.05, 3.63) is 0 Å². The van der Waals surface area contributed by atoms with E-state index in [0.29, 0.717) is 12.8 Å². The largest absolute Gasteiger partial charge is 0.302 e. The summed E-state index contributed by atoms with van der Waals surface area (Å²) in [6, 6.07) is 0. The van der Waals surface area contributed by atoms with Gasteiger partial charge in [0.2, 0.25) is 0 Å². The Hall–Kier alpha value is -0.750. The van der Waals surface area contributed by atoms with Gasteiger partial charge in [0.15, 0.2) is 0 Å². The predicted octanol–water partition coefficient (Wildman–Crippen LogP) is 0.837. The molecule has 0 spiro atoms. The lowest BCUT2D eigenvalue weighted by Gasteiger charge is -2.09. The van der Waals surface area contributed by atoms with E-state index in [9.17, 15) is 18.0 Å². The maximum Gasteiger partial charge on any atom is 0.274 e. The van der Waals surface area contributed by atoms with Crippen molar-refractivity contribution < 1.29 is 22.6 Å². The second-order valence-corrected chi connectivity index (χ2v) is 5.27. The number of carbonyl (C=O) groups is 2. The number of hydrogen-bond acceptors (Lipinski definition) is 4. The average molecular weight is 236 g/mol. The van der Waals surface area contributed by atoms with Crippen molar-refractivity contribution in [2.45, 2.75) is 38.4 Å². The van der Waals surface area contributed by atoms with Gasteiger partial charge in [-0.05, 0) is 19.8 Å². The number of aldehydes is 1. The smallest absolute Gasteiger partial charge is 0.274 e. The molecule has 0 aromatic heterocycles. The first kappa shape index (κ1) is 14.2. The summed E-state index contributed by atoms with van der Waals surface area (Å²) in [4.78, 5) is 21.2. The molecule has 0 saturated carbocycles. The van der Waals surface area contributed by atoms with Gasteiger partial charge in [-0.3, -0.25) is 9.35 Å². The highest BCUT2D eigenvalue weighted by atomic mass is 32.2. The normalized spacial score (nSPS) is 15.7. The topological polar surface area (TPSA) is 88.5 Å². The molecule has 0 aromatic carbocycles. The van der Waals surface area contributed by atoms with E-state index in [1.807, 2.05) is 0 Å². The summed E-state index contributed by atoms with van der Waals surface area (Å²) in [6.45, 7) is 3.20. The SMILES string of the molecule is CC(=O)C(C)CCCC(C=O)S(=O)(=O)O. The zero-order valence-electron chi connectivity index (χ0n) is 8.84. The van der Waals surface area contributed by atoms with E-state index in [2.05, 4.69) is 0 Å².